The SMILES string of the molecule is O=C(NCC1CSCCS1)c1ccc(N2CCCC2=O)cc1. The molecule has 2 aliphatic heterocycles. The molecule has 0 spiro atoms. The zero-order valence-electron chi connectivity index (χ0n) is 12.4. The van der Waals surface area contributed by atoms with Crippen molar-refractivity contribution in [2.24, 2.45) is 0 Å². The summed E-state index contributed by atoms with van der Waals surface area (Å²) in [6, 6.07) is 7.34. The van der Waals surface area contributed by atoms with E-state index in [0.29, 0.717) is 17.2 Å². The molecule has 0 saturated carbocycles. The Hall–Kier alpha value is -1.14. The van der Waals surface area contributed by atoms with E-state index in [9.17, 15) is 9.59 Å². The maximum Gasteiger partial charge on any atom is 0.251 e. The fourth-order valence-electron chi connectivity index (χ4n) is 2.68. The van der Waals surface area contributed by atoms with Gasteiger partial charge in [-0.15, -0.1) is 0 Å². The molecule has 0 aromatic heterocycles. The Labute approximate surface area is 139 Å². The quantitative estimate of drug-likeness (QED) is 0.917. The summed E-state index contributed by atoms with van der Waals surface area (Å²) in [5.74, 6) is 3.63. The number of thioether (sulfide) groups is 2. The first-order valence-electron chi connectivity index (χ1n) is 7.62. The number of rotatable bonds is 4. The molecule has 6 heteroatoms. The average molecular weight is 336 g/mol. The molecule has 2 saturated heterocycles. The zero-order valence-corrected chi connectivity index (χ0v) is 14.0. The lowest BCUT2D eigenvalue weighted by Crippen LogP contribution is -2.33. The summed E-state index contributed by atoms with van der Waals surface area (Å²) in [7, 11) is 0. The van der Waals surface area contributed by atoms with Gasteiger partial charge in [0.25, 0.3) is 5.91 Å². The van der Waals surface area contributed by atoms with Crippen LogP contribution in [0.1, 0.15) is 23.2 Å². The van der Waals surface area contributed by atoms with Gasteiger partial charge in [0.15, 0.2) is 0 Å². The first-order valence-corrected chi connectivity index (χ1v) is 9.82. The molecule has 1 aromatic rings. The Bertz CT molecular complexity index is 542. The highest BCUT2D eigenvalue weighted by Gasteiger charge is 2.22. The van der Waals surface area contributed by atoms with Gasteiger partial charge < -0.3 is 10.2 Å². The lowest BCUT2D eigenvalue weighted by molar-refractivity contribution is -0.117. The van der Waals surface area contributed by atoms with Crippen LogP contribution in [-0.4, -0.2) is 47.4 Å². The van der Waals surface area contributed by atoms with E-state index in [4.69, 9.17) is 0 Å². The monoisotopic (exact) mass is 336 g/mol. The molecule has 0 radical (unpaired) electrons. The second kappa shape index (κ2) is 7.42. The highest BCUT2D eigenvalue weighted by Crippen LogP contribution is 2.24. The smallest absolute Gasteiger partial charge is 0.251 e. The molecule has 1 N–H and O–H groups in total. The van der Waals surface area contributed by atoms with Gasteiger partial charge in [-0.2, -0.15) is 23.5 Å². The molecule has 2 amide bonds. The summed E-state index contributed by atoms with van der Waals surface area (Å²) in [6.45, 7) is 1.50. The highest BCUT2D eigenvalue weighted by molar-refractivity contribution is 8.06. The molecule has 0 bridgehead atoms. The number of carbonyl (C=O) groups excluding carboxylic acids is 2. The van der Waals surface area contributed by atoms with Crippen molar-refractivity contribution < 1.29 is 9.59 Å². The van der Waals surface area contributed by atoms with Gasteiger partial charge in [-0.25, -0.2) is 0 Å². The van der Waals surface area contributed by atoms with Crippen molar-refractivity contribution in [1.29, 1.82) is 0 Å². The fraction of sp³-hybridized carbons (Fsp3) is 0.500. The normalized spacial score (nSPS) is 21.9. The van der Waals surface area contributed by atoms with Crippen LogP contribution in [0.2, 0.25) is 0 Å². The van der Waals surface area contributed by atoms with E-state index in [-0.39, 0.29) is 11.8 Å². The van der Waals surface area contributed by atoms with Crippen LogP contribution in [0.15, 0.2) is 24.3 Å². The minimum atomic E-state index is -0.0320. The van der Waals surface area contributed by atoms with E-state index >= 15 is 0 Å². The van der Waals surface area contributed by atoms with Crippen LogP contribution >= 0.6 is 23.5 Å². The van der Waals surface area contributed by atoms with Crippen LogP contribution in [0.25, 0.3) is 0 Å². The number of nitrogens with zero attached hydrogens (tertiary/aromatic N) is 1. The maximum atomic E-state index is 12.2. The van der Waals surface area contributed by atoms with Crippen molar-refractivity contribution in [1.82, 2.24) is 5.32 Å². The minimum Gasteiger partial charge on any atom is -0.351 e. The Kier molecular flexibility index (Phi) is 5.31. The number of amides is 2. The van der Waals surface area contributed by atoms with Gasteiger partial charge in [-0.1, -0.05) is 0 Å². The van der Waals surface area contributed by atoms with Gasteiger partial charge in [-0.3, -0.25) is 9.59 Å². The molecular weight excluding hydrogens is 316 g/mol. The van der Waals surface area contributed by atoms with E-state index < -0.39 is 0 Å². The van der Waals surface area contributed by atoms with Crippen molar-refractivity contribution in [3.63, 3.8) is 0 Å². The van der Waals surface area contributed by atoms with Crippen LogP contribution < -0.4 is 10.2 Å². The third kappa shape index (κ3) is 3.79. The molecule has 22 heavy (non-hydrogen) atoms. The molecule has 1 atom stereocenters. The zero-order chi connectivity index (χ0) is 15.4. The summed E-state index contributed by atoms with van der Waals surface area (Å²) in [5.41, 5.74) is 1.54. The topological polar surface area (TPSA) is 49.4 Å². The number of hydrogen-bond acceptors (Lipinski definition) is 4. The molecule has 1 unspecified atom stereocenters. The summed E-state index contributed by atoms with van der Waals surface area (Å²) in [6.07, 6.45) is 1.54. The van der Waals surface area contributed by atoms with Crippen molar-refractivity contribution >= 4 is 41.0 Å². The molecule has 3 rings (SSSR count). The third-order valence-corrected chi connectivity index (χ3v) is 6.73. The summed E-state index contributed by atoms with van der Waals surface area (Å²) in [5, 5.41) is 3.53. The summed E-state index contributed by atoms with van der Waals surface area (Å²) in [4.78, 5) is 25.7. The van der Waals surface area contributed by atoms with Gasteiger partial charge in [0, 0.05) is 53.3 Å². The first-order chi connectivity index (χ1) is 10.7. The van der Waals surface area contributed by atoms with Crippen molar-refractivity contribution in [2.75, 3.05) is 35.2 Å². The maximum absolute atomic E-state index is 12.2. The standard InChI is InChI=1S/C16H20N2O2S2/c19-15-2-1-7-18(15)13-5-3-12(4-6-13)16(20)17-10-14-11-21-8-9-22-14/h3-6,14H,1-2,7-11H2,(H,17,20). The van der Waals surface area contributed by atoms with E-state index in [1.807, 2.05) is 35.7 Å². The molecule has 118 valence electrons. The number of benzene rings is 1. The molecule has 4 nitrogen and oxygen atoms in total. The largest absolute Gasteiger partial charge is 0.351 e. The highest BCUT2D eigenvalue weighted by atomic mass is 32.2. The molecule has 2 aliphatic rings. The lowest BCUT2D eigenvalue weighted by atomic mass is 10.2. The second-order valence-electron chi connectivity index (χ2n) is 5.47. The number of carbonyl (C=O) groups is 2. The van der Waals surface area contributed by atoms with Crippen molar-refractivity contribution in [3.05, 3.63) is 29.8 Å². The molecule has 0 aliphatic carbocycles. The van der Waals surface area contributed by atoms with E-state index in [0.717, 1.165) is 31.0 Å². The van der Waals surface area contributed by atoms with Gasteiger partial charge >= 0.3 is 0 Å². The van der Waals surface area contributed by atoms with Crippen LogP contribution in [0.4, 0.5) is 5.69 Å². The second-order valence-corrected chi connectivity index (χ2v) is 8.03. The number of anilines is 1. The fourth-order valence-corrected chi connectivity index (χ4v) is 5.29. The van der Waals surface area contributed by atoms with Crippen molar-refractivity contribution in [3.8, 4) is 0 Å². The summed E-state index contributed by atoms with van der Waals surface area (Å²) >= 11 is 3.90. The summed E-state index contributed by atoms with van der Waals surface area (Å²) < 4.78 is 0. The van der Waals surface area contributed by atoms with Crippen molar-refractivity contribution in [2.45, 2.75) is 18.1 Å². The predicted octanol–water partition coefficient (Wildman–Crippen LogP) is 2.39. The number of nitrogens with one attached hydrogen (secondary N) is 1. The first kappa shape index (κ1) is 15.7. The van der Waals surface area contributed by atoms with Crippen LogP contribution in [0.5, 0.6) is 0 Å². The minimum absolute atomic E-state index is 0.0320. The molecular formula is C16H20N2O2S2. The van der Waals surface area contributed by atoms with Crippen LogP contribution in [0.3, 0.4) is 0 Å². The van der Waals surface area contributed by atoms with E-state index in [1.165, 1.54) is 11.5 Å². The average Bonchev–Trinajstić information content (AvgIpc) is 3.00. The van der Waals surface area contributed by atoms with E-state index in [1.54, 1.807) is 17.0 Å². The Balaban J connectivity index is 1.55. The van der Waals surface area contributed by atoms with Gasteiger partial charge in [0.2, 0.25) is 5.91 Å². The lowest BCUT2D eigenvalue weighted by Gasteiger charge is -2.21. The van der Waals surface area contributed by atoms with Crippen LogP contribution in [0, 0.1) is 0 Å². The Morgan fingerprint density at radius 1 is 1.27 bits per heavy atom. The van der Waals surface area contributed by atoms with Gasteiger partial charge in [0.1, 0.15) is 0 Å². The van der Waals surface area contributed by atoms with Crippen LogP contribution in [-0.2, 0) is 4.79 Å². The third-order valence-electron chi connectivity index (χ3n) is 3.89. The Morgan fingerprint density at radius 2 is 2.09 bits per heavy atom. The molecule has 1 aromatic carbocycles. The Morgan fingerprint density at radius 3 is 2.73 bits per heavy atom. The molecule has 2 fully saturated rings. The number of hydrogen-bond donors (Lipinski definition) is 1. The van der Waals surface area contributed by atoms with Gasteiger partial charge in [-0.05, 0) is 30.7 Å². The predicted molar refractivity (Wildman–Crippen MR) is 93.9 cm³/mol. The van der Waals surface area contributed by atoms with Gasteiger partial charge in [0.05, 0.1) is 0 Å². The molecule has 2 heterocycles. The van der Waals surface area contributed by atoms with E-state index in [2.05, 4.69) is 5.32 Å².